The van der Waals surface area contributed by atoms with E-state index >= 15 is 0 Å². The van der Waals surface area contributed by atoms with Crippen LogP contribution in [0.15, 0.2) is 30.6 Å². The Morgan fingerprint density at radius 3 is 2.71 bits per heavy atom. The fraction of sp³-hybridized carbons (Fsp3) is 0.500. The molecule has 0 spiro atoms. The molecule has 110 valence electrons. The molecule has 2 unspecified atom stereocenters. The second kappa shape index (κ2) is 5.15. The van der Waals surface area contributed by atoms with Crippen molar-refractivity contribution in [1.29, 1.82) is 0 Å². The zero-order chi connectivity index (χ0) is 14.2. The van der Waals surface area contributed by atoms with Gasteiger partial charge in [-0.15, -0.1) is 0 Å². The Balaban J connectivity index is 1.30. The van der Waals surface area contributed by atoms with Gasteiger partial charge in [-0.3, -0.25) is 9.58 Å². The van der Waals surface area contributed by atoms with E-state index in [9.17, 15) is 0 Å². The number of ether oxygens (including phenoxy) is 1. The smallest absolute Gasteiger partial charge is 0.181 e. The van der Waals surface area contributed by atoms with E-state index < -0.39 is 0 Å². The first-order chi connectivity index (χ1) is 10.3. The minimum Gasteiger partial charge on any atom is -0.492 e. The van der Waals surface area contributed by atoms with Gasteiger partial charge in [0.25, 0.3) is 0 Å². The van der Waals surface area contributed by atoms with Crippen molar-refractivity contribution in [2.75, 3.05) is 19.7 Å². The van der Waals surface area contributed by atoms with Crippen LogP contribution in [0.1, 0.15) is 12.8 Å². The van der Waals surface area contributed by atoms with Gasteiger partial charge < -0.3 is 4.74 Å². The van der Waals surface area contributed by atoms with Crippen LogP contribution in [0.4, 0.5) is 0 Å². The van der Waals surface area contributed by atoms with E-state index in [1.165, 1.54) is 25.9 Å². The van der Waals surface area contributed by atoms with Gasteiger partial charge in [0.05, 0.1) is 6.04 Å². The monoisotopic (exact) mass is 284 g/mol. The van der Waals surface area contributed by atoms with Gasteiger partial charge in [-0.25, -0.2) is 4.98 Å². The van der Waals surface area contributed by atoms with E-state index in [4.69, 9.17) is 4.74 Å². The summed E-state index contributed by atoms with van der Waals surface area (Å²) in [6.45, 7) is 3.28. The molecule has 1 aliphatic heterocycles. The summed E-state index contributed by atoms with van der Waals surface area (Å²) < 4.78 is 7.58. The van der Waals surface area contributed by atoms with Crippen LogP contribution in [0.5, 0.6) is 5.75 Å². The fourth-order valence-corrected chi connectivity index (χ4v) is 2.60. The molecular weight excluding hydrogens is 264 g/mol. The maximum atomic E-state index is 5.87. The highest BCUT2D eigenvalue weighted by atomic mass is 16.5. The van der Waals surface area contributed by atoms with Crippen molar-refractivity contribution in [3.63, 3.8) is 0 Å². The van der Waals surface area contributed by atoms with Crippen LogP contribution < -0.4 is 4.74 Å². The van der Waals surface area contributed by atoms with Crippen molar-refractivity contribution >= 4 is 0 Å². The Kier molecular flexibility index (Phi) is 3.15. The lowest BCUT2D eigenvalue weighted by Gasteiger charge is -2.07. The summed E-state index contributed by atoms with van der Waals surface area (Å²) in [5.41, 5.74) is 1.02. The van der Waals surface area contributed by atoms with Gasteiger partial charge in [-0.05, 0) is 43.0 Å². The van der Waals surface area contributed by atoms with E-state index in [-0.39, 0.29) is 0 Å². The molecule has 5 heteroatoms. The molecule has 2 heterocycles. The predicted octanol–water partition coefficient (Wildman–Crippen LogP) is 1.96. The van der Waals surface area contributed by atoms with Crippen LogP contribution in [-0.4, -0.2) is 45.4 Å². The van der Waals surface area contributed by atoms with Gasteiger partial charge in [0.15, 0.2) is 5.82 Å². The molecule has 0 bridgehead atoms. The first-order valence-corrected chi connectivity index (χ1v) is 7.61. The Hall–Kier alpha value is -1.88. The Labute approximate surface area is 124 Å². The van der Waals surface area contributed by atoms with Gasteiger partial charge in [0.1, 0.15) is 18.7 Å². The fourth-order valence-electron chi connectivity index (χ4n) is 2.60. The maximum absolute atomic E-state index is 5.87. The number of benzene rings is 1. The molecule has 5 nitrogen and oxygen atoms in total. The molecule has 1 aromatic carbocycles. The SMILES string of the molecule is Cn1cnc(-c2ccc(OCC3CN3CC3CC3)cc2)n1. The minimum atomic E-state index is 0.628. The molecule has 1 saturated heterocycles. The lowest BCUT2D eigenvalue weighted by atomic mass is 10.2. The van der Waals surface area contributed by atoms with Crippen LogP contribution in [-0.2, 0) is 7.05 Å². The van der Waals surface area contributed by atoms with Crippen LogP contribution in [0.25, 0.3) is 11.4 Å². The molecule has 2 aromatic rings. The third-order valence-electron chi connectivity index (χ3n) is 4.17. The Bertz CT molecular complexity index is 617. The van der Waals surface area contributed by atoms with Crippen molar-refractivity contribution in [1.82, 2.24) is 19.7 Å². The molecule has 0 amide bonds. The Morgan fingerprint density at radius 2 is 2.05 bits per heavy atom. The highest BCUT2D eigenvalue weighted by Gasteiger charge is 2.38. The van der Waals surface area contributed by atoms with E-state index in [1.54, 1.807) is 11.0 Å². The van der Waals surface area contributed by atoms with E-state index in [0.29, 0.717) is 6.04 Å². The highest BCUT2D eigenvalue weighted by molar-refractivity contribution is 5.55. The van der Waals surface area contributed by atoms with E-state index in [0.717, 1.165) is 29.7 Å². The largest absolute Gasteiger partial charge is 0.492 e. The van der Waals surface area contributed by atoms with Crippen LogP contribution >= 0.6 is 0 Å². The minimum absolute atomic E-state index is 0.628. The number of nitrogens with zero attached hydrogens (tertiary/aromatic N) is 4. The van der Waals surface area contributed by atoms with Crippen LogP contribution in [0.2, 0.25) is 0 Å². The summed E-state index contributed by atoms with van der Waals surface area (Å²) in [6, 6.07) is 8.65. The molecule has 4 rings (SSSR count). The predicted molar refractivity (Wildman–Crippen MR) is 80.0 cm³/mol. The molecule has 0 radical (unpaired) electrons. The quantitative estimate of drug-likeness (QED) is 0.761. The van der Waals surface area contributed by atoms with Crippen molar-refractivity contribution in [3.8, 4) is 17.1 Å². The molecule has 2 fully saturated rings. The maximum Gasteiger partial charge on any atom is 0.181 e. The molecule has 2 aliphatic rings. The standard InChI is InChI=1S/C16H20N4O/c1-19-11-17-16(18-19)13-4-6-15(7-5-13)21-10-14-9-20(14)8-12-2-3-12/h4-7,11-12,14H,2-3,8-10H2,1H3. The first kappa shape index (κ1) is 12.8. The molecule has 0 N–H and O–H groups in total. The second-order valence-corrected chi connectivity index (χ2v) is 6.13. The van der Waals surface area contributed by atoms with Gasteiger partial charge >= 0.3 is 0 Å². The summed E-state index contributed by atoms with van der Waals surface area (Å²) >= 11 is 0. The van der Waals surface area contributed by atoms with Gasteiger partial charge in [0.2, 0.25) is 0 Å². The van der Waals surface area contributed by atoms with Crippen LogP contribution in [0, 0.1) is 5.92 Å². The summed E-state index contributed by atoms with van der Waals surface area (Å²) in [4.78, 5) is 6.77. The third-order valence-corrected chi connectivity index (χ3v) is 4.17. The average Bonchev–Trinajstić information content (AvgIpc) is 3.41. The normalized spacial score (nSPS) is 24.0. The number of rotatable bonds is 6. The Morgan fingerprint density at radius 1 is 1.24 bits per heavy atom. The van der Waals surface area contributed by atoms with Crippen LogP contribution in [0.3, 0.4) is 0 Å². The summed E-state index contributed by atoms with van der Waals surface area (Å²) in [6.07, 6.45) is 4.56. The molecule has 21 heavy (non-hydrogen) atoms. The van der Waals surface area contributed by atoms with Gasteiger partial charge in [0, 0.05) is 25.7 Å². The van der Waals surface area contributed by atoms with E-state index in [2.05, 4.69) is 15.0 Å². The lowest BCUT2D eigenvalue weighted by molar-refractivity contribution is 0.292. The average molecular weight is 284 g/mol. The van der Waals surface area contributed by atoms with Crippen molar-refractivity contribution < 1.29 is 4.74 Å². The zero-order valence-corrected chi connectivity index (χ0v) is 12.3. The number of aryl methyl sites for hydroxylation is 1. The van der Waals surface area contributed by atoms with Crippen molar-refractivity contribution in [2.45, 2.75) is 18.9 Å². The summed E-state index contributed by atoms with van der Waals surface area (Å²) in [5.74, 6) is 2.65. The third kappa shape index (κ3) is 3.08. The molecule has 2 atom stereocenters. The van der Waals surface area contributed by atoms with Gasteiger partial charge in [-0.1, -0.05) is 0 Å². The molecule has 1 aliphatic carbocycles. The topological polar surface area (TPSA) is 43.0 Å². The number of aromatic nitrogens is 3. The lowest BCUT2D eigenvalue weighted by Crippen LogP contribution is -2.12. The van der Waals surface area contributed by atoms with E-state index in [1.807, 2.05) is 31.3 Å². The summed E-state index contributed by atoms with van der Waals surface area (Å²) in [5, 5.41) is 4.30. The van der Waals surface area contributed by atoms with Gasteiger partial charge in [-0.2, -0.15) is 5.10 Å². The highest BCUT2D eigenvalue weighted by Crippen LogP contribution is 2.33. The molecule has 1 aromatic heterocycles. The van der Waals surface area contributed by atoms with Crippen molar-refractivity contribution in [2.24, 2.45) is 13.0 Å². The number of hydrogen-bond acceptors (Lipinski definition) is 4. The molecular formula is C16H20N4O. The zero-order valence-electron chi connectivity index (χ0n) is 12.3. The van der Waals surface area contributed by atoms with Crippen molar-refractivity contribution in [3.05, 3.63) is 30.6 Å². The molecule has 1 saturated carbocycles. The summed E-state index contributed by atoms with van der Waals surface area (Å²) in [7, 11) is 1.87. The number of hydrogen-bond donors (Lipinski definition) is 0. The second-order valence-electron chi connectivity index (χ2n) is 6.13. The first-order valence-electron chi connectivity index (χ1n) is 7.61.